The molecule has 1 atom stereocenters. The Balaban J connectivity index is 1.66. The van der Waals surface area contributed by atoms with Crippen molar-refractivity contribution in [3.8, 4) is 11.8 Å². The molecular formula is C24H27N5O3. The summed E-state index contributed by atoms with van der Waals surface area (Å²) in [5, 5.41) is 26.4. The van der Waals surface area contributed by atoms with Gasteiger partial charge in [0.25, 0.3) is 5.90 Å². The van der Waals surface area contributed by atoms with Gasteiger partial charge in [0, 0.05) is 23.7 Å². The summed E-state index contributed by atoms with van der Waals surface area (Å²) in [6, 6.07) is 13.8. The van der Waals surface area contributed by atoms with Crippen LogP contribution in [0, 0.1) is 11.3 Å². The zero-order chi connectivity index (χ0) is 22.5. The Labute approximate surface area is 187 Å². The predicted octanol–water partition coefficient (Wildman–Crippen LogP) is 2.95. The van der Waals surface area contributed by atoms with Gasteiger partial charge in [0.1, 0.15) is 11.8 Å². The molecule has 32 heavy (non-hydrogen) atoms. The first-order valence-corrected chi connectivity index (χ1v) is 10.9. The van der Waals surface area contributed by atoms with Gasteiger partial charge in [-0.05, 0) is 62.4 Å². The van der Waals surface area contributed by atoms with Crippen LogP contribution in [0.3, 0.4) is 0 Å². The van der Waals surface area contributed by atoms with Gasteiger partial charge in [0.2, 0.25) is 0 Å². The van der Waals surface area contributed by atoms with Crippen LogP contribution in [-0.2, 0) is 11.3 Å². The highest BCUT2D eigenvalue weighted by Gasteiger charge is 2.25. The van der Waals surface area contributed by atoms with Gasteiger partial charge in [-0.25, -0.2) is 0 Å². The number of aliphatic hydroxyl groups excluding tert-OH is 1. The van der Waals surface area contributed by atoms with Crippen LogP contribution in [0.25, 0.3) is 0 Å². The molecule has 3 N–H and O–H groups in total. The summed E-state index contributed by atoms with van der Waals surface area (Å²) < 4.78 is 5.71. The molecule has 1 aliphatic carbocycles. The van der Waals surface area contributed by atoms with E-state index in [0.29, 0.717) is 35.2 Å². The van der Waals surface area contributed by atoms with Crippen LogP contribution in [0.2, 0.25) is 0 Å². The van der Waals surface area contributed by atoms with Crippen LogP contribution in [0.5, 0.6) is 5.75 Å². The van der Waals surface area contributed by atoms with Gasteiger partial charge in [-0.2, -0.15) is 10.3 Å². The van der Waals surface area contributed by atoms with Crippen molar-refractivity contribution in [3.05, 3.63) is 64.2 Å². The summed E-state index contributed by atoms with van der Waals surface area (Å²) in [6.45, 7) is 4.50. The van der Waals surface area contributed by atoms with Gasteiger partial charge < -0.3 is 20.0 Å². The fourth-order valence-corrected chi connectivity index (χ4v) is 4.11. The first-order chi connectivity index (χ1) is 15.6. The number of hydrogen-bond donors (Lipinski definition) is 3. The largest absolute Gasteiger partial charge is 0.490 e. The number of rotatable bonds is 7. The van der Waals surface area contributed by atoms with Gasteiger partial charge in [0.15, 0.2) is 5.84 Å². The van der Waals surface area contributed by atoms with Crippen molar-refractivity contribution in [2.24, 2.45) is 10.1 Å². The molecule has 0 radical (unpaired) electrons. The van der Waals surface area contributed by atoms with Crippen LogP contribution in [0.4, 0.5) is 0 Å². The second-order valence-corrected chi connectivity index (χ2v) is 8.03. The molecule has 8 nitrogen and oxygen atoms in total. The molecule has 8 heteroatoms. The molecule has 0 aromatic heterocycles. The quantitative estimate of drug-likeness (QED) is 0.619. The summed E-state index contributed by atoms with van der Waals surface area (Å²) in [4.78, 5) is 10.1. The summed E-state index contributed by atoms with van der Waals surface area (Å²) in [6.07, 6.45) is 2.98. The summed E-state index contributed by atoms with van der Waals surface area (Å²) in [5.41, 5.74) is 7.06. The molecular weight excluding hydrogens is 406 g/mol. The summed E-state index contributed by atoms with van der Waals surface area (Å²) in [5.74, 6) is 1.40. The number of hydrazone groups is 1. The standard InChI is InChI=1S/C24H27N5O3/c1-15(2)31-22-10-9-16(13-17(22)14-25)24-27-23(28-29-32-24)20-7-3-6-19-18(20)5-4-8-21(19)26-11-12-30/h3,6-7,9-10,13,15,21,26,29-30H,4-5,8,11-12H2,1-2H3/t21-/m0/s1. The molecule has 0 saturated carbocycles. The van der Waals surface area contributed by atoms with Gasteiger partial charge in [-0.3, -0.25) is 0 Å². The van der Waals surface area contributed by atoms with E-state index in [2.05, 4.69) is 33.1 Å². The van der Waals surface area contributed by atoms with Crippen molar-refractivity contribution < 1.29 is 14.7 Å². The zero-order valence-corrected chi connectivity index (χ0v) is 18.3. The fourth-order valence-electron chi connectivity index (χ4n) is 4.11. The maximum Gasteiger partial charge on any atom is 0.257 e. The van der Waals surface area contributed by atoms with E-state index in [1.54, 1.807) is 12.1 Å². The van der Waals surface area contributed by atoms with Crippen LogP contribution >= 0.6 is 0 Å². The lowest BCUT2D eigenvalue weighted by Crippen LogP contribution is -2.29. The zero-order valence-electron chi connectivity index (χ0n) is 18.3. The van der Waals surface area contributed by atoms with Crippen LogP contribution in [0.15, 0.2) is 46.5 Å². The normalized spacial score (nSPS) is 17.4. The molecule has 2 aliphatic rings. The second-order valence-electron chi connectivity index (χ2n) is 8.03. The summed E-state index contributed by atoms with van der Waals surface area (Å²) >= 11 is 0. The van der Waals surface area contributed by atoms with Crippen molar-refractivity contribution in [2.45, 2.75) is 45.3 Å². The van der Waals surface area contributed by atoms with Gasteiger partial charge in [-0.15, -0.1) is 10.7 Å². The highest BCUT2D eigenvalue weighted by molar-refractivity contribution is 6.11. The lowest BCUT2D eigenvalue weighted by Gasteiger charge is -2.28. The van der Waals surface area contributed by atoms with E-state index in [-0.39, 0.29) is 18.8 Å². The molecule has 0 spiro atoms. The molecule has 0 fully saturated rings. The Morgan fingerprint density at radius 2 is 2.22 bits per heavy atom. The third-order valence-corrected chi connectivity index (χ3v) is 5.46. The number of hydrogen-bond acceptors (Lipinski definition) is 8. The fraction of sp³-hybridized carbons (Fsp3) is 0.375. The first kappa shape index (κ1) is 21.8. The van der Waals surface area contributed by atoms with Crippen molar-refractivity contribution >= 4 is 11.7 Å². The van der Waals surface area contributed by atoms with Gasteiger partial charge in [-0.1, -0.05) is 18.2 Å². The number of benzene rings is 2. The Bertz CT molecular complexity index is 1090. The van der Waals surface area contributed by atoms with Crippen molar-refractivity contribution in [3.63, 3.8) is 0 Å². The molecule has 0 bridgehead atoms. The van der Waals surface area contributed by atoms with Crippen molar-refractivity contribution in [1.82, 2.24) is 10.9 Å². The average Bonchev–Trinajstić information content (AvgIpc) is 2.82. The molecule has 1 heterocycles. The third kappa shape index (κ3) is 4.59. The Morgan fingerprint density at radius 3 is 3.00 bits per heavy atom. The Morgan fingerprint density at radius 1 is 1.34 bits per heavy atom. The molecule has 4 rings (SSSR count). The smallest absolute Gasteiger partial charge is 0.257 e. The lowest BCUT2D eigenvalue weighted by molar-refractivity contribution is 0.183. The third-order valence-electron chi connectivity index (χ3n) is 5.46. The van der Waals surface area contributed by atoms with Crippen LogP contribution in [-0.4, -0.2) is 36.1 Å². The SMILES string of the molecule is CC(C)Oc1ccc(C2=NC(c3cccc4c3CCC[C@@H]4NCCO)=NNO2)cc1C#N. The number of amidine groups is 1. The molecule has 166 valence electrons. The number of nitriles is 1. The maximum atomic E-state index is 9.53. The van der Waals surface area contributed by atoms with E-state index in [1.165, 1.54) is 11.1 Å². The topological polar surface area (TPSA) is 111 Å². The van der Waals surface area contributed by atoms with E-state index in [4.69, 9.17) is 9.57 Å². The van der Waals surface area contributed by atoms with E-state index >= 15 is 0 Å². The predicted molar refractivity (Wildman–Crippen MR) is 121 cm³/mol. The number of nitrogens with one attached hydrogen (secondary N) is 2. The number of nitrogens with zero attached hydrogens (tertiary/aromatic N) is 3. The minimum absolute atomic E-state index is 0.0309. The van der Waals surface area contributed by atoms with E-state index < -0.39 is 0 Å². The highest BCUT2D eigenvalue weighted by Crippen LogP contribution is 2.32. The highest BCUT2D eigenvalue weighted by atomic mass is 16.7. The molecule has 0 amide bonds. The minimum atomic E-state index is -0.0309. The van der Waals surface area contributed by atoms with Gasteiger partial charge in [0.05, 0.1) is 18.3 Å². The van der Waals surface area contributed by atoms with Crippen LogP contribution < -0.4 is 15.6 Å². The molecule has 1 aliphatic heterocycles. The Hall–Kier alpha value is -3.41. The maximum absolute atomic E-state index is 9.53. The second kappa shape index (κ2) is 9.81. The molecule has 2 aromatic rings. The van der Waals surface area contributed by atoms with Crippen molar-refractivity contribution in [1.29, 1.82) is 5.26 Å². The van der Waals surface area contributed by atoms with Crippen molar-refractivity contribution in [2.75, 3.05) is 13.2 Å². The van der Waals surface area contributed by atoms with Crippen LogP contribution in [0.1, 0.15) is 60.5 Å². The monoisotopic (exact) mass is 433 g/mol. The van der Waals surface area contributed by atoms with E-state index in [1.807, 2.05) is 32.0 Å². The average molecular weight is 434 g/mol. The number of aliphatic imine (C=N–C) groups is 1. The number of aliphatic hydroxyl groups is 1. The summed E-state index contributed by atoms with van der Waals surface area (Å²) in [7, 11) is 0. The first-order valence-electron chi connectivity index (χ1n) is 10.9. The number of fused-ring (bicyclic) bond motifs is 1. The molecule has 0 unspecified atom stereocenters. The molecule has 0 saturated heterocycles. The van der Waals surface area contributed by atoms with Gasteiger partial charge >= 0.3 is 0 Å². The minimum Gasteiger partial charge on any atom is -0.490 e. The van der Waals surface area contributed by atoms with E-state index in [0.717, 1.165) is 24.8 Å². The van der Waals surface area contributed by atoms with E-state index in [9.17, 15) is 10.4 Å². The lowest BCUT2D eigenvalue weighted by atomic mass is 9.84. The Kier molecular flexibility index (Phi) is 6.69. The molecule has 2 aromatic carbocycles. The number of ether oxygens (including phenoxy) is 1.